The second-order valence-electron chi connectivity index (χ2n) is 22.5. The van der Waals surface area contributed by atoms with Gasteiger partial charge in [0.1, 0.15) is 73.2 Å². The van der Waals surface area contributed by atoms with E-state index in [1.54, 1.807) is 0 Å². The van der Waals surface area contributed by atoms with E-state index in [-0.39, 0.29) is 18.9 Å². The number of nitrogens with one attached hydrogen (secondary N) is 1. The van der Waals surface area contributed by atoms with Crippen LogP contribution in [0.25, 0.3) is 0 Å². The van der Waals surface area contributed by atoms with Gasteiger partial charge in [-0.05, 0) is 77.0 Å². The van der Waals surface area contributed by atoms with Crippen LogP contribution in [0.2, 0.25) is 0 Å². The molecule has 0 aromatic rings. The fourth-order valence-corrected chi connectivity index (χ4v) is 10.2. The Morgan fingerprint density at radius 1 is 0.435 bits per heavy atom. The van der Waals surface area contributed by atoms with E-state index in [9.17, 15) is 61.0 Å². The minimum atomic E-state index is -1.98. The molecule has 17 unspecified atom stereocenters. The van der Waals surface area contributed by atoms with Crippen molar-refractivity contribution in [2.24, 2.45) is 0 Å². The van der Waals surface area contributed by atoms with Gasteiger partial charge >= 0.3 is 0 Å². The van der Waals surface area contributed by atoms with Crippen LogP contribution in [0.1, 0.15) is 181 Å². The summed E-state index contributed by atoms with van der Waals surface area (Å²) in [5.41, 5.74) is 0. The molecular formula is C66H111NO18. The topological polar surface area (TPSA) is 307 Å². The molecule has 19 nitrogen and oxygen atoms in total. The maximum Gasteiger partial charge on any atom is 0.220 e. The molecule has 0 bridgehead atoms. The smallest absolute Gasteiger partial charge is 0.220 e. The van der Waals surface area contributed by atoms with Crippen LogP contribution in [-0.2, 0) is 33.2 Å². The molecule has 0 radical (unpaired) electrons. The molecule has 0 aromatic heterocycles. The number of carbonyl (C=O) groups excluding carboxylic acids is 1. The second kappa shape index (κ2) is 47.7. The zero-order valence-corrected chi connectivity index (χ0v) is 51.0. The zero-order chi connectivity index (χ0) is 61.9. The maximum absolute atomic E-state index is 13.4. The largest absolute Gasteiger partial charge is 0.394 e. The van der Waals surface area contributed by atoms with Crippen LogP contribution in [0, 0.1) is 0 Å². The van der Waals surface area contributed by atoms with E-state index >= 15 is 0 Å². The number of aliphatic hydroxyl groups excluding tert-OH is 11. The zero-order valence-electron chi connectivity index (χ0n) is 51.0. The lowest BCUT2D eigenvalue weighted by molar-refractivity contribution is -0.379. The monoisotopic (exact) mass is 1210 g/mol. The minimum absolute atomic E-state index is 0.204. The van der Waals surface area contributed by atoms with Gasteiger partial charge in [-0.2, -0.15) is 0 Å². The van der Waals surface area contributed by atoms with Gasteiger partial charge in [-0.25, -0.2) is 0 Å². The van der Waals surface area contributed by atoms with Gasteiger partial charge in [-0.15, -0.1) is 0 Å². The fraction of sp³-hybridized carbons (Fsp3) is 0.742. The molecular weight excluding hydrogens is 1090 g/mol. The first-order valence-corrected chi connectivity index (χ1v) is 32.0. The Morgan fingerprint density at radius 3 is 1.25 bits per heavy atom. The number of unbranched alkanes of at least 4 members (excludes halogenated alkanes) is 14. The van der Waals surface area contributed by atoms with Crippen molar-refractivity contribution in [1.82, 2.24) is 5.32 Å². The van der Waals surface area contributed by atoms with Crippen LogP contribution >= 0.6 is 0 Å². The van der Waals surface area contributed by atoms with Gasteiger partial charge in [-0.3, -0.25) is 4.79 Å². The molecule has 0 spiro atoms. The molecule has 17 atom stereocenters. The molecule has 0 aliphatic carbocycles. The van der Waals surface area contributed by atoms with Crippen molar-refractivity contribution < 1.29 is 89.4 Å². The summed E-state index contributed by atoms with van der Waals surface area (Å²) in [5, 5.41) is 120. The summed E-state index contributed by atoms with van der Waals surface area (Å²) in [6.45, 7) is 1.61. The third-order valence-corrected chi connectivity index (χ3v) is 15.4. The first kappa shape index (κ1) is 76.0. The van der Waals surface area contributed by atoms with Crippen LogP contribution in [0.5, 0.6) is 0 Å². The Balaban J connectivity index is 1.46. The molecule has 85 heavy (non-hydrogen) atoms. The number of carbonyl (C=O) groups is 1. The molecule has 3 saturated heterocycles. The summed E-state index contributed by atoms with van der Waals surface area (Å²) >= 11 is 0. The summed E-state index contributed by atoms with van der Waals surface area (Å²) < 4.78 is 34.3. The Labute approximate surface area is 507 Å². The highest BCUT2D eigenvalue weighted by atomic mass is 16.8. The number of allylic oxidation sites excluding steroid dienone is 16. The van der Waals surface area contributed by atoms with E-state index in [1.807, 2.05) is 0 Å². The van der Waals surface area contributed by atoms with E-state index < -0.39 is 124 Å². The Bertz CT molecular complexity index is 1920. The SMILES string of the molecule is CC/C=C\C/C=C\C/C=C\C/C=C\C/C=C\C/C=C\C/C=C\C/C=C\CCCCC(=O)NC(COC1OC(CO)C(OC2OC(CO)C(OC3OC(CO)C(O)C(O)C3O)C(O)C2O)C(O)C1O)C(O)CCCCCCCCCCCCCCC. The maximum atomic E-state index is 13.4. The lowest BCUT2D eigenvalue weighted by atomic mass is 9.96. The first-order valence-electron chi connectivity index (χ1n) is 32.0. The Kier molecular flexibility index (Phi) is 42.6. The van der Waals surface area contributed by atoms with Crippen molar-refractivity contribution >= 4 is 5.91 Å². The van der Waals surface area contributed by atoms with Crippen LogP contribution in [0.3, 0.4) is 0 Å². The van der Waals surface area contributed by atoms with Crippen LogP contribution in [0.4, 0.5) is 0 Å². The molecule has 3 aliphatic heterocycles. The third-order valence-electron chi connectivity index (χ3n) is 15.4. The van der Waals surface area contributed by atoms with E-state index in [4.69, 9.17) is 28.4 Å². The van der Waals surface area contributed by atoms with E-state index in [2.05, 4.69) is 116 Å². The molecule has 0 aromatic carbocycles. The van der Waals surface area contributed by atoms with Gasteiger partial charge in [0.2, 0.25) is 5.91 Å². The lowest BCUT2D eigenvalue weighted by Gasteiger charge is -2.48. The van der Waals surface area contributed by atoms with Gasteiger partial charge in [0.15, 0.2) is 18.9 Å². The van der Waals surface area contributed by atoms with Gasteiger partial charge in [0.25, 0.3) is 0 Å². The molecule has 488 valence electrons. The number of aliphatic hydroxyl groups is 11. The highest BCUT2D eigenvalue weighted by Gasteiger charge is 2.53. The number of amides is 1. The molecule has 3 fully saturated rings. The average Bonchev–Trinajstić information content (AvgIpc) is 2.72. The van der Waals surface area contributed by atoms with Crippen LogP contribution in [0.15, 0.2) is 97.2 Å². The molecule has 12 N–H and O–H groups in total. The van der Waals surface area contributed by atoms with Gasteiger partial charge in [0.05, 0.1) is 38.6 Å². The highest BCUT2D eigenvalue weighted by molar-refractivity contribution is 5.76. The average molecular weight is 1210 g/mol. The van der Waals surface area contributed by atoms with Crippen molar-refractivity contribution in [3.05, 3.63) is 97.2 Å². The quantitative estimate of drug-likeness (QED) is 0.0217. The number of ether oxygens (including phenoxy) is 6. The molecule has 3 rings (SSSR count). The second-order valence-corrected chi connectivity index (χ2v) is 22.5. The predicted molar refractivity (Wildman–Crippen MR) is 327 cm³/mol. The molecule has 3 heterocycles. The Hall–Kier alpha value is -3.29. The Morgan fingerprint density at radius 2 is 0.812 bits per heavy atom. The number of hydrogen-bond donors (Lipinski definition) is 12. The summed E-state index contributed by atoms with van der Waals surface area (Å²) in [7, 11) is 0. The summed E-state index contributed by atoms with van der Waals surface area (Å²) in [5.74, 6) is -0.290. The highest BCUT2D eigenvalue weighted by Crippen LogP contribution is 2.33. The molecule has 3 aliphatic rings. The van der Waals surface area contributed by atoms with Gasteiger partial charge in [-0.1, -0.05) is 195 Å². The summed E-state index contributed by atoms with van der Waals surface area (Å²) in [6.07, 6.45) is 33.5. The first-order chi connectivity index (χ1) is 41.3. The summed E-state index contributed by atoms with van der Waals surface area (Å²) in [4.78, 5) is 13.4. The molecule has 19 heteroatoms. The normalized spacial score (nSPS) is 29.6. The number of rotatable bonds is 46. The van der Waals surface area contributed by atoms with Gasteiger partial charge < -0.3 is 89.9 Å². The van der Waals surface area contributed by atoms with Crippen LogP contribution in [-0.4, -0.2) is 193 Å². The van der Waals surface area contributed by atoms with Crippen molar-refractivity contribution in [3.8, 4) is 0 Å². The molecule has 1 amide bonds. The van der Waals surface area contributed by atoms with Crippen molar-refractivity contribution in [1.29, 1.82) is 0 Å². The summed E-state index contributed by atoms with van der Waals surface area (Å²) in [6, 6.07) is -0.917. The van der Waals surface area contributed by atoms with Gasteiger partial charge in [0, 0.05) is 6.42 Å². The minimum Gasteiger partial charge on any atom is -0.394 e. The van der Waals surface area contributed by atoms with E-state index in [0.29, 0.717) is 19.3 Å². The van der Waals surface area contributed by atoms with Crippen molar-refractivity contribution in [2.45, 2.75) is 285 Å². The van der Waals surface area contributed by atoms with Crippen LogP contribution < -0.4 is 5.32 Å². The van der Waals surface area contributed by atoms with E-state index in [0.717, 1.165) is 83.5 Å². The van der Waals surface area contributed by atoms with E-state index in [1.165, 1.54) is 57.8 Å². The predicted octanol–water partition coefficient (Wildman–Crippen LogP) is 6.93. The number of hydrogen-bond acceptors (Lipinski definition) is 18. The standard InChI is InChI=1S/C66H111NO18/c1-3-5-7-9-11-13-15-17-18-19-20-21-22-23-24-25-26-27-28-29-30-32-34-36-38-40-42-44-54(72)67-49(50(71)43-41-39-37-35-33-31-16-14-12-10-8-6-4-2)48-80-64-60(78)57(75)62(52(46-69)82-64)85-66-61(79)58(76)63(53(47-70)83-66)84-65-59(77)56(74)55(73)51(45-68)81-65/h5,7,11,13,17-18,20-21,23-24,26-27,29-30,34,36,49-53,55-66,68-71,73-79H,3-4,6,8-10,12,14-16,19,22,25,28,31-33,35,37-48H2,1-2H3,(H,67,72)/b7-5-,13-11-,18-17-,21-20-,24-23-,27-26-,30-29-,36-34-. The lowest BCUT2D eigenvalue weighted by Crippen LogP contribution is -2.66. The third kappa shape index (κ3) is 30.7. The molecule has 0 saturated carbocycles. The van der Waals surface area contributed by atoms with Crippen molar-refractivity contribution in [2.75, 3.05) is 26.4 Å². The fourth-order valence-electron chi connectivity index (χ4n) is 10.2. The van der Waals surface area contributed by atoms with Crippen molar-refractivity contribution in [3.63, 3.8) is 0 Å².